The smallest absolute Gasteiger partial charge is 0.337 e. The van der Waals surface area contributed by atoms with Gasteiger partial charge in [0, 0.05) is 46.1 Å². The quantitative estimate of drug-likeness (QED) is 0.533. The molecule has 27 heavy (non-hydrogen) atoms. The van der Waals surface area contributed by atoms with Crippen LogP contribution in [0.5, 0.6) is 0 Å². The molecule has 8 nitrogen and oxygen atoms in total. The molecule has 0 aromatic heterocycles. The zero-order valence-electron chi connectivity index (χ0n) is 15.3. The molecule has 1 aliphatic rings. The minimum absolute atomic E-state index is 0.105. The molecule has 1 aromatic carbocycles. The first kappa shape index (κ1) is 20.7. The summed E-state index contributed by atoms with van der Waals surface area (Å²) in [5.74, 6) is -0.940. The van der Waals surface area contributed by atoms with E-state index in [9.17, 15) is 19.2 Å². The van der Waals surface area contributed by atoms with Gasteiger partial charge in [0.15, 0.2) is 0 Å². The monoisotopic (exact) mass is 395 g/mol. The number of rotatable bonds is 6. The molecule has 1 aliphatic heterocycles. The van der Waals surface area contributed by atoms with Crippen LogP contribution in [0.15, 0.2) is 18.2 Å². The molecule has 0 saturated carbocycles. The highest BCUT2D eigenvalue weighted by Crippen LogP contribution is 2.28. The van der Waals surface area contributed by atoms with Crippen LogP contribution < -0.4 is 4.90 Å². The fourth-order valence-electron chi connectivity index (χ4n) is 2.85. The Morgan fingerprint density at radius 3 is 2.44 bits per heavy atom. The van der Waals surface area contributed by atoms with Crippen molar-refractivity contribution in [2.45, 2.75) is 13.3 Å². The molecule has 2 rings (SSSR count). The molecule has 1 heterocycles. The minimum atomic E-state index is -0.541. The standard InChI is InChI=1S/C18H22ClN3O5/c1-13(24)22(16-11-14(18(26)27-2)3-4-15(16)19)6-5-17(25)21-9-7-20(12-23)8-10-21/h3-4,11-12H,5-10H2,1-2H3. The Balaban J connectivity index is 2.08. The van der Waals surface area contributed by atoms with E-state index in [0.29, 0.717) is 36.9 Å². The highest BCUT2D eigenvalue weighted by atomic mass is 35.5. The van der Waals surface area contributed by atoms with E-state index in [1.54, 1.807) is 9.80 Å². The SMILES string of the molecule is COC(=O)c1ccc(Cl)c(N(CCC(=O)N2CCN(C=O)CC2)C(C)=O)c1. The molecule has 0 bridgehead atoms. The minimum Gasteiger partial charge on any atom is -0.465 e. The van der Waals surface area contributed by atoms with Gasteiger partial charge in [0.25, 0.3) is 0 Å². The Kier molecular flexibility index (Phi) is 7.18. The number of nitrogens with zero attached hydrogens (tertiary/aromatic N) is 3. The summed E-state index contributed by atoms with van der Waals surface area (Å²) in [5.41, 5.74) is 0.616. The molecule has 0 spiro atoms. The van der Waals surface area contributed by atoms with E-state index >= 15 is 0 Å². The van der Waals surface area contributed by atoms with E-state index in [1.807, 2.05) is 0 Å². The summed E-state index contributed by atoms with van der Waals surface area (Å²) in [4.78, 5) is 51.7. The van der Waals surface area contributed by atoms with Gasteiger partial charge in [-0.15, -0.1) is 0 Å². The van der Waals surface area contributed by atoms with Crippen molar-refractivity contribution in [3.63, 3.8) is 0 Å². The van der Waals surface area contributed by atoms with Crippen molar-refractivity contribution >= 4 is 41.5 Å². The van der Waals surface area contributed by atoms with Crippen molar-refractivity contribution in [3.8, 4) is 0 Å². The van der Waals surface area contributed by atoms with Crippen molar-refractivity contribution < 1.29 is 23.9 Å². The Morgan fingerprint density at radius 2 is 1.89 bits per heavy atom. The third kappa shape index (κ3) is 5.19. The molecule has 1 fully saturated rings. The van der Waals surface area contributed by atoms with E-state index in [2.05, 4.69) is 0 Å². The van der Waals surface area contributed by atoms with Crippen LogP contribution in [0.3, 0.4) is 0 Å². The number of piperazine rings is 1. The average molecular weight is 396 g/mol. The van der Waals surface area contributed by atoms with Gasteiger partial charge in [0.05, 0.1) is 23.4 Å². The van der Waals surface area contributed by atoms with Crippen molar-refractivity contribution in [1.29, 1.82) is 0 Å². The number of hydrogen-bond acceptors (Lipinski definition) is 5. The predicted octanol–water partition coefficient (Wildman–Crippen LogP) is 1.17. The summed E-state index contributed by atoms with van der Waals surface area (Å²) in [6.45, 7) is 3.44. The van der Waals surface area contributed by atoms with Gasteiger partial charge in [0.1, 0.15) is 0 Å². The highest BCUT2D eigenvalue weighted by Gasteiger charge is 2.23. The molecule has 0 aliphatic carbocycles. The molecule has 0 radical (unpaired) electrons. The number of methoxy groups -OCH3 is 1. The van der Waals surface area contributed by atoms with E-state index in [0.717, 1.165) is 6.41 Å². The molecule has 0 N–H and O–H groups in total. The van der Waals surface area contributed by atoms with E-state index in [1.165, 1.54) is 37.1 Å². The number of hydrogen-bond donors (Lipinski definition) is 0. The van der Waals surface area contributed by atoms with Gasteiger partial charge in [-0.25, -0.2) is 4.79 Å². The average Bonchev–Trinajstić information content (AvgIpc) is 2.68. The number of carbonyl (C=O) groups is 4. The maximum absolute atomic E-state index is 12.4. The third-order valence-electron chi connectivity index (χ3n) is 4.40. The van der Waals surface area contributed by atoms with Crippen molar-refractivity contribution in [1.82, 2.24) is 9.80 Å². The predicted molar refractivity (Wildman–Crippen MR) is 99.7 cm³/mol. The van der Waals surface area contributed by atoms with Crippen LogP contribution >= 0.6 is 11.6 Å². The fraction of sp³-hybridized carbons (Fsp3) is 0.444. The topological polar surface area (TPSA) is 87.2 Å². The maximum Gasteiger partial charge on any atom is 0.337 e. The lowest BCUT2D eigenvalue weighted by Gasteiger charge is -2.33. The van der Waals surface area contributed by atoms with Crippen LogP contribution in [0.1, 0.15) is 23.7 Å². The van der Waals surface area contributed by atoms with Crippen LogP contribution in [0, 0.1) is 0 Å². The lowest BCUT2D eigenvalue weighted by atomic mass is 10.1. The highest BCUT2D eigenvalue weighted by molar-refractivity contribution is 6.34. The molecule has 146 valence electrons. The summed E-state index contributed by atoms with van der Waals surface area (Å²) >= 11 is 6.20. The van der Waals surface area contributed by atoms with Gasteiger partial charge in [-0.2, -0.15) is 0 Å². The number of esters is 1. The zero-order chi connectivity index (χ0) is 20.0. The van der Waals surface area contributed by atoms with E-state index in [-0.39, 0.29) is 30.3 Å². The van der Waals surface area contributed by atoms with Gasteiger partial charge < -0.3 is 19.4 Å². The summed E-state index contributed by atoms with van der Waals surface area (Å²) in [6.07, 6.45) is 0.884. The summed E-state index contributed by atoms with van der Waals surface area (Å²) in [6, 6.07) is 4.50. The van der Waals surface area contributed by atoms with Gasteiger partial charge in [-0.3, -0.25) is 14.4 Å². The van der Waals surface area contributed by atoms with Crippen LogP contribution in [-0.2, 0) is 19.1 Å². The Bertz CT molecular complexity index is 732. The summed E-state index contributed by atoms with van der Waals surface area (Å²) < 4.78 is 4.69. The second-order valence-corrected chi connectivity index (χ2v) is 6.51. The molecular formula is C18H22ClN3O5. The number of halogens is 1. The molecule has 0 atom stereocenters. The number of carbonyl (C=O) groups excluding carboxylic acids is 4. The van der Waals surface area contributed by atoms with Crippen molar-refractivity contribution in [2.75, 3.05) is 44.7 Å². The van der Waals surface area contributed by atoms with Crippen LogP contribution in [0.4, 0.5) is 5.69 Å². The first-order valence-electron chi connectivity index (χ1n) is 8.50. The van der Waals surface area contributed by atoms with Gasteiger partial charge in [-0.1, -0.05) is 11.6 Å². The molecule has 1 aromatic rings. The largest absolute Gasteiger partial charge is 0.465 e. The zero-order valence-corrected chi connectivity index (χ0v) is 16.1. The van der Waals surface area contributed by atoms with Gasteiger partial charge >= 0.3 is 5.97 Å². The number of benzene rings is 1. The molecule has 9 heteroatoms. The number of anilines is 1. The Morgan fingerprint density at radius 1 is 1.22 bits per heavy atom. The van der Waals surface area contributed by atoms with E-state index < -0.39 is 5.97 Å². The molecule has 1 saturated heterocycles. The van der Waals surface area contributed by atoms with Crippen LogP contribution in [-0.4, -0.2) is 73.8 Å². The normalized spacial score (nSPS) is 13.9. The van der Waals surface area contributed by atoms with Crippen molar-refractivity contribution in [3.05, 3.63) is 28.8 Å². The second kappa shape index (κ2) is 9.36. The summed E-state index contributed by atoms with van der Waals surface area (Å²) in [7, 11) is 1.27. The van der Waals surface area contributed by atoms with Gasteiger partial charge in [0.2, 0.25) is 18.2 Å². The Hall–Kier alpha value is -2.61. The summed E-state index contributed by atoms with van der Waals surface area (Å²) in [5, 5.41) is 0.296. The van der Waals surface area contributed by atoms with Crippen molar-refractivity contribution in [2.24, 2.45) is 0 Å². The van der Waals surface area contributed by atoms with Crippen LogP contribution in [0.25, 0.3) is 0 Å². The van der Waals surface area contributed by atoms with Gasteiger partial charge in [-0.05, 0) is 18.2 Å². The first-order chi connectivity index (χ1) is 12.9. The lowest BCUT2D eigenvalue weighted by Crippen LogP contribution is -2.48. The fourth-order valence-corrected chi connectivity index (χ4v) is 3.07. The Labute approximate surface area is 162 Å². The first-order valence-corrected chi connectivity index (χ1v) is 8.88. The molecule has 0 unspecified atom stereocenters. The third-order valence-corrected chi connectivity index (χ3v) is 4.72. The number of amides is 3. The molecular weight excluding hydrogens is 374 g/mol. The molecule has 3 amide bonds. The van der Waals surface area contributed by atoms with Crippen LogP contribution in [0.2, 0.25) is 5.02 Å². The number of ether oxygens (including phenoxy) is 1. The lowest BCUT2D eigenvalue weighted by molar-refractivity contribution is -0.135. The van der Waals surface area contributed by atoms with E-state index in [4.69, 9.17) is 16.3 Å². The second-order valence-electron chi connectivity index (χ2n) is 6.10. The maximum atomic E-state index is 12.4.